The molecule has 0 aromatic rings. The van der Waals surface area contributed by atoms with Crippen LogP contribution in [0, 0.1) is 23.2 Å². The summed E-state index contributed by atoms with van der Waals surface area (Å²) in [5, 5.41) is 8.75. The average Bonchev–Trinajstić information content (AvgIpc) is 2.61. The van der Waals surface area contributed by atoms with Crippen LogP contribution in [0.15, 0.2) is 0 Å². The summed E-state index contributed by atoms with van der Waals surface area (Å²) < 4.78 is 5.38. The zero-order chi connectivity index (χ0) is 10.7. The van der Waals surface area contributed by atoms with Gasteiger partial charge in [-0.25, -0.2) is 0 Å². The molecule has 2 heterocycles. The Morgan fingerprint density at radius 3 is 3.07 bits per heavy atom. The molecule has 4 heteroatoms. The van der Waals surface area contributed by atoms with Gasteiger partial charge >= 0.3 is 0 Å². The number of nitriles is 1. The molecule has 0 aromatic heterocycles. The van der Waals surface area contributed by atoms with Gasteiger partial charge in [0.1, 0.15) is 0 Å². The maximum Gasteiger partial charge on any atom is 0.224 e. The fourth-order valence-electron chi connectivity index (χ4n) is 2.30. The third-order valence-corrected chi connectivity index (χ3v) is 3.13. The van der Waals surface area contributed by atoms with Crippen LogP contribution in [0.4, 0.5) is 0 Å². The van der Waals surface area contributed by atoms with Gasteiger partial charge in [0.05, 0.1) is 18.6 Å². The van der Waals surface area contributed by atoms with E-state index in [2.05, 4.69) is 6.07 Å². The highest BCUT2D eigenvalue weighted by Crippen LogP contribution is 2.21. The number of amides is 1. The maximum atomic E-state index is 11.6. The van der Waals surface area contributed by atoms with Crippen LogP contribution >= 0.6 is 0 Å². The van der Waals surface area contributed by atoms with Crippen molar-refractivity contribution in [3.8, 4) is 6.07 Å². The molecule has 0 aromatic carbocycles. The van der Waals surface area contributed by atoms with E-state index >= 15 is 0 Å². The van der Waals surface area contributed by atoms with Gasteiger partial charge in [-0.3, -0.25) is 4.79 Å². The molecule has 0 aliphatic carbocycles. The molecular weight excluding hydrogens is 192 g/mol. The summed E-state index contributed by atoms with van der Waals surface area (Å²) in [4.78, 5) is 13.4. The minimum atomic E-state index is -0.0954. The number of hydrogen-bond acceptors (Lipinski definition) is 3. The van der Waals surface area contributed by atoms with E-state index in [-0.39, 0.29) is 11.8 Å². The molecule has 2 atom stereocenters. The average molecular weight is 208 g/mol. The van der Waals surface area contributed by atoms with Gasteiger partial charge in [0.25, 0.3) is 0 Å². The van der Waals surface area contributed by atoms with Crippen molar-refractivity contribution in [3.63, 3.8) is 0 Å². The van der Waals surface area contributed by atoms with E-state index in [0.717, 1.165) is 32.6 Å². The lowest BCUT2D eigenvalue weighted by Crippen LogP contribution is -2.34. The molecule has 2 aliphatic rings. The van der Waals surface area contributed by atoms with Crippen LogP contribution in [0.25, 0.3) is 0 Å². The minimum Gasteiger partial charge on any atom is -0.381 e. The molecule has 2 rings (SSSR count). The largest absolute Gasteiger partial charge is 0.381 e. The van der Waals surface area contributed by atoms with E-state index in [0.29, 0.717) is 18.9 Å². The molecule has 2 unspecified atom stereocenters. The summed E-state index contributed by atoms with van der Waals surface area (Å²) >= 11 is 0. The predicted molar refractivity (Wildman–Crippen MR) is 53.8 cm³/mol. The minimum absolute atomic E-state index is 0.0954. The quantitative estimate of drug-likeness (QED) is 0.674. The maximum absolute atomic E-state index is 11.6. The Morgan fingerprint density at radius 1 is 1.60 bits per heavy atom. The fraction of sp³-hybridized carbons (Fsp3) is 0.818. The van der Waals surface area contributed by atoms with Crippen LogP contribution in [-0.2, 0) is 9.53 Å². The third-order valence-electron chi connectivity index (χ3n) is 3.13. The molecule has 0 N–H and O–H groups in total. The first-order valence-electron chi connectivity index (χ1n) is 5.54. The van der Waals surface area contributed by atoms with Crippen molar-refractivity contribution < 1.29 is 9.53 Å². The molecule has 2 fully saturated rings. The lowest BCUT2D eigenvalue weighted by molar-refractivity contribution is -0.128. The fourth-order valence-corrected chi connectivity index (χ4v) is 2.30. The predicted octanol–water partition coefficient (Wildman–Crippen LogP) is 0.785. The van der Waals surface area contributed by atoms with E-state index in [9.17, 15) is 4.79 Å². The van der Waals surface area contributed by atoms with Crippen molar-refractivity contribution in [1.29, 1.82) is 5.26 Å². The Bertz CT molecular complexity index is 279. The van der Waals surface area contributed by atoms with Gasteiger partial charge in [0.15, 0.2) is 0 Å². The Balaban J connectivity index is 1.84. The second-order valence-electron chi connectivity index (χ2n) is 4.41. The standard InChI is InChI=1S/C11H16N2O2/c12-5-10-4-11(14)13(7-10)6-9-2-1-3-15-8-9/h9-10H,1-4,6-8H2. The Hall–Kier alpha value is -1.08. The van der Waals surface area contributed by atoms with Gasteiger partial charge in [-0.05, 0) is 18.8 Å². The number of likely N-dealkylation sites (tertiary alicyclic amines) is 1. The summed E-state index contributed by atoms with van der Waals surface area (Å²) in [6.07, 6.45) is 2.64. The van der Waals surface area contributed by atoms with E-state index in [1.807, 2.05) is 4.90 Å². The van der Waals surface area contributed by atoms with Crippen molar-refractivity contribution >= 4 is 5.91 Å². The topological polar surface area (TPSA) is 53.3 Å². The highest BCUT2D eigenvalue weighted by molar-refractivity contribution is 5.79. The highest BCUT2D eigenvalue weighted by Gasteiger charge is 2.31. The molecule has 15 heavy (non-hydrogen) atoms. The van der Waals surface area contributed by atoms with Gasteiger partial charge in [-0.1, -0.05) is 0 Å². The van der Waals surface area contributed by atoms with Gasteiger partial charge in [-0.2, -0.15) is 5.26 Å². The van der Waals surface area contributed by atoms with Crippen molar-refractivity contribution in [1.82, 2.24) is 4.90 Å². The lowest BCUT2D eigenvalue weighted by atomic mass is 10.0. The van der Waals surface area contributed by atoms with E-state index in [1.54, 1.807) is 0 Å². The van der Waals surface area contributed by atoms with E-state index in [4.69, 9.17) is 10.00 Å². The van der Waals surface area contributed by atoms with Gasteiger partial charge in [0.2, 0.25) is 5.91 Å². The summed E-state index contributed by atoms with van der Waals surface area (Å²) in [5.74, 6) is 0.509. The normalized spacial score (nSPS) is 31.7. The molecule has 2 saturated heterocycles. The second kappa shape index (κ2) is 4.63. The first-order chi connectivity index (χ1) is 7.29. The number of ether oxygens (including phenoxy) is 1. The first kappa shape index (κ1) is 10.4. The van der Waals surface area contributed by atoms with Gasteiger partial charge in [0, 0.05) is 26.1 Å². The van der Waals surface area contributed by atoms with Crippen LogP contribution in [-0.4, -0.2) is 37.1 Å². The summed E-state index contributed by atoms with van der Waals surface area (Å²) in [7, 11) is 0. The lowest BCUT2D eigenvalue weighted by Gasteiger charge is -2.26. The zero-order valence-electron chi connectivity index (χ0n) is 8.82. The SMILES string of the molecule is N#CC1CC(=O)N(CC2CCCOC2)C1. The number of nitrogens with zero attached hydrogens (tertiary/aromatic N) is 2. The molecule has 2 aliphatic heterocycles. The number of hydrogen-bond donors (Lipinski definition) is 0. The smallest absolute Gasteiger partial charge is 0.224 e. The summed E-state index contributed by atoms with van der Waals surface area (Å²) in [5.41, 5.74) is 0. The molecule has 0 spiro atoms. The van der Waals surface area contributed by atoms with Crippen molar-refractivity contribution in [3.05, 3.63) is 0 Å². The summed E-state index contributed by atoms with van der Waals surface area (Å²) in [6, 6.07) is 2.17. The van der Waals surface area contributed by atoms with E-state index in [1.165, 1.54) is 0 Å². The molecular formula is C11H16N2O2. The van der Waals surface area contributed by atoms with Crippen LogP contribution in [0.5, 0.6) is 0 Å². The summed E-state index contributed by atoms with van der Waals surface area (Å²) in [6.45, 7) is 3.01. The van der Waals surface area contributed by atoms with Crippen LogP contribution in [0.1, 0.15) is 19.3 Å². The van der Waals surface area contributed by atoms with Gasteiger partial charge < -0.3 is 9.64 Å². The zero-order valence-corrected chi connectivity index (χ0v) is 8.82. The highest BCUT2D eigenvalue weighted by atomic mass is 16.5. The van der Waals surface area contributed by atoms with Crippen molar-refractivity contribution in [2.24, 2.45) is 11.8 Å². The second-order valence-corrected chi connectivity index (χ2v) is 4.41. The van der Waals surface area contributed by atoms with Crippen LogP contribution < -0.4 is 0 Å². The molecule has 4 nitrogen and oxygen atoms in total. The Morgan fingerprint density at radius 2 is 2.47 bits per heavy atom. The molecule has 1 amide bonds. The van der Waals surface area contributed by atoms with E-state index < -0.39 is 0 Å². The van der Waals surface area contributed by atoms with Crippen LogP contribution in [0.2, 0.25) is 0 Å². The Labute approximate surface area is 89.8 Å². The molecule has 82 valence electrons. The monoisotopic (exact) mass is 208 g/mol. The van der Waals surface area contributed by atoms with Crippen molar-refractivity contribution in [2.75, 3.05) is 26.3 Å². The molecule has 0 bridgehead atoms. The third kappa shape index (κ3) is 2.48. The number of carbonyl (C=O) groups is 1. The van der Waals surface area contributed by atoms with Gasteiger partial charge in [-0.15, -0.1) is 0 Å². The Kier molecular flexibility index (Phi) is 3.22. The van der Waals surface area contributed by atoms with Crippen LogP contribution in [0.3, 0.4) is 0 Å². The molecule has 0 saturated carbocycles. The number of rotatable bonds is 2. The number of carbonyl (C=O) groups excluding carboxylic acids is 1. The first-order valence-corrected chi connectivity index (χ1v) is 5.54. The molecule has 0 radical (unpaired) electrons. The van der Waals surface area contributed by atoms with Crippen molar-refractivity contribution in [2.45, 2.75) is 19.3 Å².